The zero-order chi connectivity index (χ0) is 17.3. The Hall–Kier alpha value is -2.41. The van der Waals surface area contributed by atoms with Gasteiger partial charge in [0.1, 0.15) is 0 Å². The van der Waals surface area contributed by atoms with E-state index in [0.717, 1.165) is 21.4 Å². The minimum absolute atomic E-state index is 0.165. The van der Waals surface area contributed by atoms with Crippen molar-refractivity contribution in [2.45, 2.75) is 20.4 Å². The van der Waals surface area contributed by atoms with Crippen LogP contribution in [0.25, 0.3) is 0 Å². The Kier molecular flexibility index (Phi) is 4.53. The van der Waals surface area contributed by atoms with Gasteiger partial charge in [-0.3, -0.25) is 14.2 Å². The van der Waals surface area contributed by atoms with Gasteiger partial charge in [-0.2, -0.15) is 10.2 Å². The number of benzene rings is 1. The van der Waals surface area contributed by atoms with Crippen LogP contribution in [0.15, 0.2) is 41.1 Å². The number of nitrogens with one attached hydrogen (secondary N) is 1. The van der Waals surface area contributed by atoms with E-state index in [1.807, 2.05) is 51.4 Å². The summed E-state index contributed by atoms with van der Waals surface area (Å²) < 4.78 is 4.55. The molecule has 0 bridgehead atoms. The smallest absolute Gasteiger partial charge is 0.259 e. The molecule has 124 valence electrons. The van der Waals surface area contributed by atoms with E-state index in [1.54, 1.807) is 15.6 Å². The molecule has 0 aliphatic heterocycles. The largest absolute Gasteiger partial charge is 0.319 e. The van der Waals surface area contributed by atoms with E-state index in [-0.39, 0.29) is 5.91 Å². The summed E-state index contributed by atoms with van der Waals surface area (Å²) in [6, 6.07) is 8.06. The van der Waals surface area contributed by atoms with E-state index < -0.39 is 0 Å². The molecule has 7 heteroatoms. The molecule has 1 amide bonds. The molecule has 0 saturated carbocycles. The van der Waals surface area contributed by atoms with Gasteiger partial charge in [0.05, 0.1) is 29.7 Å². The summed E-state index contributed by atoms with van der Waals surface area (Å²) in [6.45, 7) is 4.36. The maximum atomic E-state index is 12.5. The van der Waals surface area contributed by atoms with E-state index in [4.69, 9.17) is 0 Å². The van der Waals surface area contributed by atoms with Crippen molar-refractivity contribution in [1.29, 1.82) is 0 Å². The van der Waals surface area contributed by atoms with E-state index in [1.165, 1.54) is 0 Å². The summed E-state index contributed by atoms with van der Waals surface area (Å²) in [7, 11) is 1.83. The highest BCUT2D eigenvalue weighted by molar-refractivity contribution is 9.10. The van der Waals surface area contributed by atoms with Crippen molar-refractivity contribution in [2.75, 3.05) is 5.32 Å². The van der Waals surface area contributed by atoms with E-state index in [0.29, 0.717) is 17.8 Å². The predicted octanol–water partition coefficient (Wildman–Crippen LogP) is 3.30. The number of amides is 1. The van der Waals surface area contributed by atoms with Gasteiger partial charge in [0.15, 0.2) is 0 Å². The van der Waals surface area contributed by atoms with Crippen LogP contribution in [0.4, 0.5) is 5.69 Å². The van der Waals surface area contributed by atoms with Crippen LogP contribution >= 0.6 is 15.9 Å². The summed E-state index contributed by atoms with van der Waals surface area (Å²) in [5.74, 6) is -0.165. The van der Waals surface area contributed by atoms with Crippen LogP contribution in [0.1, 0.15) is 27.3 Å². The number of halogens is 1. The van der Waals surface area contributed by atoms with Crippen molar-refractivity contribution in [3.05, 3.63) is 63.6 Å². The monoisotopic (exact) mass is 387 g/mol. The van der Waals surface area contributed by atoms with Crippen molar-refractivity contribution in [1.82, 2.24) is 19.6 Å². The maximum Gasteiger partial charge on any atom is 0.259 e. The molecule has 0 aliphatic carbocycles. The van der Waals surface area contributed by atoms with Gasteiger partial charge in [-0.25, -0.2) is 0 Å². The van der Waals surface area contributed by atoms with Crippen LogP contribution in [0.3, 0.4) is 0 Å². The van der Waals surface area contributed by atoms with E-state index in [9.17, 15) is 4.79 Å². The highest BCUT2D eigenvalue weighted by Crippen LogP contribution is 2.16. The average molecular weight is 388 g/mol. The highest BCUT2D eigenvalue weighted by atomic mass is 79.9. The lowest BCUT2D eigenvalue weighted by atomic mass is 10.2. The standard InChI is InChI=1S/C17H18BrN5O/c1-11-16(12(2)22(3)21-11)17(24)20-15-8-19-23(10-15)9-13-4-6-14(18)7-5-13/h4-8,10H,9H2,1-3H3,(H,20,24). The molecule has 0 saturated heterocycles. The number of aryl methyl sites for hydroxylation is 2. The zero-order valence-corrected chi connectivity index (χ0v) is 15.3. The van der Waals surface area contributed by atoms with Gasteiger partial charge in [-0.05, 0) is 31.5 Å². The molecular formula is C17H18BrN5O. The highest BCUT2D eigenvalue weighted by Gasteiger charge is 2.17. The Morgan fingerprint density at radius 3 is 2.58 bits per heavy atom. The van der Waals surface area contributed by atoms with Gasteiger partial charge in [0.25, 0.3) is 5.91 Å². The summed E-state index contributed by atoms with van der Waals surface area (Å²) in [5, 5.41) is 11.5. The molecule has 0 aliphatic rings. The topological polar surface area (TPSA) is 64.7 Å². The zero-order valence-electron chi connectivity index (χ0n) is 13.7. The van der Waals surface area contributed by atoms with Gasteiger partial charge in [-0.1, -0.05) is 28.1 Å². The number of aromatic nitrogens is 4. The third-order valence-electron chi connectivity index (χ3n) is 3.89. The van der Waals surface area contributed by atoms with Gasteiger partial charge < -0.3 is 5.32 Å². The van der Waals surface area contributed by atoms with Gasteiger partial charge in [-0.15, -0.1) is 0 Å². The summed E-state index contributed by atoms with van der Waals surface area (Å²) in [4.78, 5) is 12.5. The molecule has 1 N–H and O–H groups in total. The first-order valence-corrected chi connectivity index (χ1v) is 8.32. The second-order valence-corrected chi connectivity index (χ2v) is 6.59. The Morgan fingerprint density at radius 1 is 1.25 bits per heavy atom. The lowest BCUT2D eigenvalue weighted by Crippen LogP contribution is -2.13. The van der Waals surface area contributed by atoms with Gasteiger partial charge >= 0.3 is 0 Å². The number of anilines is 1. The van der Waals surface area contributed by atoms with Crippen molar-refractivity contribution >= 4 is 27.5 Å². The minimum Gasteiger partial charge on any atom is -0.319 e. The molecule has 6 nitrogen and oxygen atoms in total. The quantitative estimate of drug-likeness (QED) is 0.746. The number of nitrogens with zero attached hydrogens (tertiary/aromatic N) is 4. The van der Waals surface area contributed by atoms with Crippen molar-refractivity contribution < 1.29 is 4.79 Å². The molecule has 2 aromatic heterocycles. The number of rotatable bonds is 4. The van der Waals surface area contributed by atoms with Crippen LogP contribution < -0.4 is 5.32 Å². The first-order chi connectivity index (χ1) is 11.4. The molecule has 0 spiro atoms. The van der Waals surface area contributed by atoms with E-state index >= 15 is 0 Å². The number of hydrogen-bond acceptors (Lipinski definition) is 3. The van der Waals surface area contributed by atoms with Crippen molar-refractivity contribution in [3.8, 4) is 0 Å². The van der Waals surface area contributed by atoms with Crippen LogP contribution in [0.5, 0.6) is 0 Å². The molecule has 0 atom stereocenters. The Bertz CT molecular complexity index is 879. The normalized spacial score (nSPS) is 10.8. The maximum absolute atomic E-state index is 12.5. The van der Waals surface area contributed by atoms with Gasteiger partial charge in [0, 0.05) is 23.4 Å². The Morgan fingerprint density at radius 2 is 1.96 bits per heavy atom. The Labute approximate surface area is 148 Å². The summed E-state index contributed by atoms with van der Waals surface area (Å²) >= 11 is 3.42. The molecule has 24 heavy (non-hydrogen) atoms. The van der Waals surface area contributed by atoms with Crippen molar-refractivity contribution in [2.24, 2.45) is 7.05 Å². The summed E-state index contributed by atoms with van der Waals surface area (Å²) in [5.41, 5.74) is 3.97. The van der Waals surface area contributed by atoms with Crippen molar-refractivity contribution in [3.63, 3.8) is 0 Å². The number of hydrogen-bond donors (Lipinski definition) is 1. The summed E-state index contributed by atoms with van der Waals surface area (Å²) in [6.07, 6.45) is 3.47. The molecule has 0 radical (unpaired) electrons. The second-order valence-electron chi connectivity index (χ2n) is 5.68. The Balaban J connectivity index is 1.71. The molecular weight excluding hydrogens is 370 g/mol. The fourth-order valence-electron chi connectivity index (χ4n) is 2.59. The first kappa shape index (κ1) is 16.4. The number of carbonyl (C=O) groups excluding carboxylic acids is 1. The third kappa shape index (κ3) is 3.41. The molecule has 0 fully saturated rings. The van der Waals surface area contributed by atoms with E-state index in [2.05, 4.69) is 31.4 Å². The third-order valence-corrected chi connectivity index (χ3v) is 4.41. The lowest BCUT2D eigenvalue weighted by molar-refractivity contribution is 0.102. The van der Waals surface area contributed by atoms with Crippen LogP contribution in [-0.2, 0) is 13.6 Å². The van der Waals surface area contributed by atoms with Gasteiger partial charge in [0.2, 0.25) is 0 Å². The fourth-order valence-corrected chi connectivity index (χ4v) is 2.85. The molecule has 2 heterocycles. The minimum atomic E-state index is -0.165. The number of carbonyl (C=O) groups is 1. The molecule has 0 unspecified atom stereocenters. The fraction of sp³-hybridized carbons (Fsp3) is 0.235. The lowest BCUT2D eigenvalue weighted by Gasteiger charge is -2.03. The van der Waals surface area contributed by atoms with Crippen LogP contribution in [0, 0.1) is 13.8 Å². The molecule has 3 rings (SSSR count). The molecule has 3 aromatic rings. The predicted molar refractivity (Wildman–Crippen MR) is 96.1 cm³/mol. The second kappa shape index (κ2) is 6.60. The SMILES string of the molecule is Cc1nn(C)c(C)c1C(=O)Nc1cnn(Cc2ccc(Br)cc2)c1. The first-order valence-electron chi connectivity index (χ1n) is 7.52. The van der Waals surface area contributed by atoms with Crippen LogP contribution in [0.2, 0.25) is 0 Å². The van der Waals surface area contributed by atoms with Crippen LogP contribution in [-0.4, -0.2) is 25.5 Å². The molecule has 1 aromatic carbocycles. The average Bonchev–Trinajstić information content (AvgIpc) is 3.06.